The van der Waals surface area contributed by atoms with E-state index < -0.39 is 17.7 Å². The van der Waals surface area contributed by atoms with Gasteiger partial charge in [0.2, 0.25) is 0 Å². The molecule has 2 rings (SSSR count). The van der Waals surface area contributed by atoms with Gasteiger partial charge in [0.15, 0.2) is 0 Å². The highest BCUT2D eigenvalue weighted by Gasteiger charge is 2.16. The molecule has 0 radical (unpaired) electrons. The molecule has 0 fully saturated rings. The number of carboxylic acids is 1. The first-order valence-electron chi connectivity index (χ1n) is 7.96. The second-order valence-electron chi connectivity index (χ2n) is 6.60. The third kappa shape index (κ3) is 5.74. The molecule has 0 aliphatic heterocycles. The lowest BCUT2D eigenvalue weighted by molar-refractivity contribution is 0.0634. The molecule has 1 amide bonds. The maximum absolute atomic E-state index is 11.7. The van der Waals surface area contributed by atoms with Crippen molar-refractivity contribution in [2.24, 2.45) is 0 Å². The topological polar surface area (TPSA) is 75.6 Å². The lowest BCUT2D eigenvalue weighted by atomic mass is 10.1. The number of ether oxygens (including phenoxy) is 1. The van der Waals surface area contributed by atoms with Crippen LogP contribution in [0.1, 0.15) is 42.3 Å². The van der Waals surface area contributed by atoms with Gasteiger partial charge < -0.3 is 9.84 Å². The molecular weight excluding hydrogens is 398 g/mol. The molecule has 2 N–H and O–H groups in total. The van der Waals surface area contributed by atoms with Crippen molar-refractivity contribution in [1.29, 1.82) is 0 Å². The number of rotatable bonds is 4. The number of benzene rings is 2. The zero-order valence-electron chi connectivity index (χ0n) is 14.7. The summed E-state index contributed by atoms with van der Waals surface area (Å²) in [7, 11) is 0. The van der Waals surface area contributed by atoms with Crippen LogP contribution in [-0.4, -0.2) is 22.8 Å². The van der Waals surface area contributed by atoms with Gasteiger partial charge in [-0.1, -0.05) is 36.4 Å². The van der Waals surface area contributed by atoms with Crippen molar-refractivity contribution >= 4 is 45.8 Å². The highest BCUT2D eigenvalue weighted by molar-refractivity contribution is 9.10. The van der Waals surface area contributed by atoms with Crippen molar-refractivity contribution in [2.45, 2.75) is 26.4 Å². The number of nitrogens with one attached hydrogen (secondary N) is 1. The lowest BCUT2D eigenvalue weighted by Gasteiger charge is -2.19. The van der Waals surface area contributed by atoms with E-state index in [1.807, 2.05) is 30.4 Å². The molecule has 0 unspecified atom stereocenters. The fourth-order valence-electron chi connectivity index (χ4n) is 2.13. The van der Waals surface area contributed by atoms with Gasteiger partial charge in [-0.25, -0.2) is 9.59 Å². The Hall–Kier alpha value is -2.60. The highest BCUT2D eigenvalue weighted by Crippen LogP contribution is 2.24. The molecule has 5 nitrogen and oxygen atoms in total. The molecule has 0 atom stereocenters. The van der Waals surface area contributed by atoms with Crippen LogP contribution in [0.15, 0.2) is 46.9 Å². The van der Waals surface area contributed by atoms with Crippen LogP contribution in [0.4, 0.5) is 10.5 Å². The van der Waals surface area contributed by atoms with Crippen LogP contribution in [0.5, 0.6) is 0 Å². The van der Waals surface area contributed by atoms with E-state index >= 15 is 0 Å². The zero-order chi connectivity index (χ0) is 19.3. The van der Waals surface area contributed by atoms with Gasteiger partial charge in [-0.05, 0) is 66.0 Å². The third-order valence-electron chi connectivity index (χ3n) is 3.27. The molecule has 0 saturated carbocycles. The zero-order valence-corrected chi connectivity index (χ0v) is 16.3. The van der Waals surface area contributed by atoms with E-state index in [4.69, 9.17) is 9.84 Å². The van der Waals surface area contributed by atoms with Crippen molar-refractivity contribution in [3.63, 3.8) is 0 Å². The predicted molar refractivity (Wildman–Crippen MR) is 106 cm³/mol. The molecule has 0 aliphatic carbocycles. The van der Waals surface area contributed by atoms with E-state index in [0.29, 0.717) is 10.2 Å². The summed E-state index contributed by atoms with van der Waals surface area (Å²) in [6.45, 7) is 5.41. The van der Waals surface area contributed by atoms with E-state index in [9.17, 15) is 9.59 Å². The van der Waals surface area contributed by atoms with Crippen molar-refractivity contribution in [3.8, 4) is 0 Å². The molecular formula is C20H20BrNO4. The van der Waals surface area contributed by atoms with Gasteiger partial charge in [-0.15, -0.1) is 0 Å². The maximum atomic E-state index is 11.7. The number of amides is 1. The van der Waals surface area contributed by atoms with Crippen LogP contribution in [0.25, 0.3) is 12.2 Å². The Labute approximate surface area is 160 Å². The van der Waals surface area contributed by atoms with Crippen LogP contribution in [0, 0.1) is 0 Å². The van der Waals surface area contributed by atoms with Gasteiger partial charge in [0.05, 0.1) is 5.56 Å². The van der Waals surface area contributed by atoms with Crippen LogP contribution in [0.3, 0.4) is 0 Å². The van der Waals surface area contributed by atoms with Crippen molar-refractivity contribution in [1.82, 2.24) is 0 Å². The minimum Gasteiger partial charge on any atom is -0.478 e. The largest absolute Gasteiger partial charge is 0.478 e. The monoisotopic (exact) mass is 417 g/mol. The minimum atomic E-state index is -0.982. The van der Waals surface area contributed by atoms with E-state index in [0.717, 1.165) is 11.1 Å². The fourth-order valence-corrected chi connectivity index (χ4v) is 2.69. The molecule has 0 bridgehead atoms. The summed E-state index contributed by atoms with van der Waals surface area (Å²) in [6, 6.07) is 12.3. The van der Waals surface area contributed by atoms with Crippen molar-refractivity contribution < 1.29 is 19.4 Å². The average molecular weight is 418 g/mol. The van der Waals surface area contributed by atoms with Gasteiger partial charge in [0, 0.05) is 10.2 Å². The summed E-state index contributed by atoms with van der Waals surface area (Å²) < 4.78 is 5.74. The predicted octanol–water partition coefficient (Wildman–Crippen LogP) is 5.66. The SMILES string of the molecule is CC(C)(C)OC(=O)Nc1ccc(/C=C/c2cccc(C(=O)O)c2Br)cc1. The van der Waals surface area contributed by atoms with Crippen LogP contribution < -0.4 is 5.32 Å². The van der Waals surface area contributed by atoms with Gasteiger partial charge in [-0.3, -0.25) is 5.32 Å². The molecule has 0 saturated heterocycles. The molecule has 0 aliphatic rings. The Balaban J connectivity index is 2.08. The first-order chi connectivity index (χ1) is 12.2. The summed E-state index contributed by atoms with van der Waals surface area (Å²) in [4.78, 5) is 22.9. The first kappa shape index (κ1) is 19.7. The number of aromatic carboxylic acids is 1. The molecule has 136 valence electrons. The summed E-state index contributed by atoms with van der Waals surface area (Å²) in [6.07, 6.45) is 3.19. The first-order valence-corrected chi connectivity index (χ1v) is 8.75. The van der Waals surface area contributed by atoms with Gasteiger partial charge in [0.25, 0.3) is 0 Å². The number of anilines is 1. The van der Waals surface area contributed by atoms with Crippen molar-refractivity contribution in [3.05, 3.63) is 63.6 Å². The number of carboxylic acid groups (broad SMARTS) is 1. The highest BCUT2D eigenvalue weighted by atomic mass is 79.9. The van der Waals surface area contributed by atoms with Gasteiger partial charge in [0.1, 0.15) is 5.60 Å². The molecule has 26 heavy (non-hydrogen) atoms. The van der Waals surface area contributed by atoms with E-state index in [1.54, 1.807) is 45.0 Å². The summed E-state index contributed by atoms with van der Waals surface area (Å²) >= 11 is 3.32. The Morgan fingerprint density at radius 3 is 2.31 bits per heavy atom. The van der Waals surface area contributed by atoms with Crippen LogP contribution in [-0.2, 0) is 4.74 Å². The second kappa shape index (κ2) is 8.19. The molecule has 0 aromatic heterocycles. The molecule has 2 aromatic carbocycles. The van der Waals surface area contributed by atoms with Crippen LogP contribution in [0.2, 0.25) is 0 Å². The van der Waals surface area contributed by atoms with E-state index in [2.05, 4.69) is 21.2 Å². The van der Waals surface area contributed by atoms with Gasteiger partial charge in [-0.2, -0.15) is 0 Å². The smallest absolute Gasteiger partial charge is 0.412 e. The molecule has 0 spiro atoms. The minimum absolute atomic E-state index is 0.212. The summed E-state index contributed by atoms with van der Waals surface area (Å²) in [5.41, 5.74) is 1.97. The number of hydrogen-bond acceptors (Lipinski definition) is 3. The quantitative estimate of drug-likeness (QED) is 0.628. The Morgan fingerprint density at radius 1 is 1.08 bits per heavy atom. The van der Waals surface area contributed by atoms with Crippen molar-refractivity contribution in [2.75, 3.05) is 5.32 Å². The Morgan fingerprint density at radius 2 is 1.73 bits per heavy atom. The average Bonchev–Trinajstić information content (AvgIpc) is 2.53. The Bertz CT molecular complexity index is 836. The second-order valence-corrected chi connectivity index (χ2v) is 7.39. The number of halogens is 1. The number of hydrogen-bond donors (Lipinski definition) is 2. The standard InChI is InChI=1S/C20H20BrNO4/c1-20(2,3)26-19(25)22-15-11-8-13(9-12-15)7-10-14-5-4-6-16(17(14)21)18(23)24/h4-12H,1-3H3,(H,22,25)(H,23,24)/b10-7+. The lowest BCUT2D eigenvalue weighted by Crippen LogP contribution is -2.27. The fraction of sp³-hybridized carbons (Fsp3) is 0.200. The normalized spacial score (nSPS) is 11.4. The molecule has 2 aromatic rings. The molecule has 0 heterocycles. The van der Waals surface area contributed by atoms with E-state index in [1.165, 1.54) is 0 Å². The van der Waals surface area contributed by atoms with E-state index in [-0.39, 0.29) is 5.56 Å². The van der Waals surface area contributed by atoms with Crippen LogP contribution >= 0.6 is 15.9 Å². The maximum Gasteiger partial charge on any atom is 0.412 e. The molecule has 6 heteroatoms. The number of carbonyl (C=O) groups is 2. The van der Waals surface area contributed by atoms with Gasteiger partial charge >= 0.3 is 12.1 Å². The summed E-state index contributed by atoms with van der Waals surface area (Å²) in [5, 5.41) is 11.8. The summed E-state index contributed by atoms with van der Waals surface area (Å²) in [5.74, 6) is -0.982. The third-order valence-corrected chi connectivity index (χ3v) is 4.16. The number of carbonyl (C=O) groups excluding carboxylic acids is 1. The Kier molecular flexibility index (Phi) is 6.21.